The molecule has 1 atom stereocenters. The van der Waals surface area contributed by atoms with Crippen LogP contribution in [0.1, 0.15) is 18.6 Å². The molecule has 0 spiro atoms. The SMILES string of the molecule is CNC(C)(Cn1nc(C)nc1C)C(N)=O. The first-order valence-electron chi connectivity index (χ1n) is 4.76. The monoisotopic (exact) mass is 211 g/mol. The minimum atomic E-state index is -0.801. The third-order valence-electron chi connectivity index (χ3n) is 2.52. The van der Waals surface area contributed by atoms with Gasteiger partial charge in [-0.3, -0.25) is 4.79 Å². The summed E-state index contributed by atoms with van der Waals surface area (Å²) in [6, 6.07) is 0. The molecule has 0 fully saturated rings. The normalized spacial score (nSPS) is 14.9. The van der Waals surface area contributed by atoms with Crippen LogP contribution in [0.5, 0.6) is 0 Å². The highest BCUT2D eigenvalue weighted by Crippen LogP contribution is 2.07. The predicted octanol–water partition coefficient (Wildman–Crippen LogP) is -0.642. The second-order valence-corrected chi connectivity index (χ2v) is 3.81. The van der Waals surface area contributed by atoms with Gasteiger partial charge in [0.2, 0.25) is 5.91 Å². The van der Waals surface area contributed by atoms with Crippen molar-refractivity contribution in [2.75, 3.05) is 7.05 Å². The number of primary amides is 1. The Balaban J connectivity index is 2.93. The van der Waals surface area contributed by atoms with Crippen molar-refractivity contribution < 1.29 is 4.79 Å². The molecule has 1 amide bonds. The lowest BCUT2D eigenvalue weighted by Crippen LogP contribution is -2.54. The molecule has 0 saturated carbocycles. The van der Waals surface area contributed by atoms with Gasteiger partial charge in [-0.05, 0) is 27.8 Å². The molecule has 3 N–H and O–H groups in total. The third-order valence-corrected chi connectivity index (χ3v) is 2.52. The fraction of sp³-hybridized carbons (Fsp3) is 0.667. The van der Waals surface area contributed by atoms with Gasteiger partial charge >= 0.3 is 0 Å². The van der Waals surface area contributed by atoms with Gasteiger partial charge in [0.05, 0.1) is 6.54 Å². The van der Waals surface area contributed by atoms with Gasteiger partial charge < -0.3 is 11.1 Å². The van der Waals surface area contributed by atoms with E-state index in [0.717, 1.165) is 5.82 Å². The Bertz CT molecular complexity index is 373. The van der Waals surface area contributed by atoms with E-state index in [1.165, 1.54) is 0 Å². The smallest absolute Gasteiger partial charge is 0.239 e. The Morgan fingerprint density at radius 3 is 2.53 bits per heavy atom. The predicted molar refractivity (Wildman–Crippen MR) is 56.2 cm³/mol. The number of carbonyl (C=O) groups is 1. The van der Waals surface area contributed by atoms with E-state index < -0.39 is 11.4 Å². The average molecular weight is 211 g/mol. The molecular formula is C9H17N5O. The molecular weight excluding hydrogens is 194 g/mol. The highest BCUT2D eigenvalue weighted by atomic mass is 16.1. The lowest BCUT2D eigenvalue weighted by atomic mass is 10.0. The summed E-state index contributed by atoms with van der Waals surface area (Å²) < 4.78 is 1.68. The molecule has 1 unspecified atom stereocenters. The lowest BCUT2D eigenvalue weighted by Gasteiger charge is -2.25. The fourth-order valence-electron chi connectivity index (χ4n) is 1.29. The third kappa shape index (κ3) is 2.33. The van der Waals surface area contributed by atoms with Crippen LogP contribution < -0.4 is 11.1 Å². The molecule has 15 heavy (non-hydrogen) atoms. The van der Waals surface area contributed by atoms with Crippen LogP contribution in [0.3, 0.4) is 0 Å². The number of amides is 1. The van der Waals surface area contributed by atoms with Crippen molar-refractivity contribution >= 4 is 5.91 Å². The van der Waals surface area contributed by atoms with Crippen molar-refractivity contribution in [3.8, 4) is 0 Å². The highest BCUT2D eigenvalue weighted by molar-refractivity contribution is 5.84. The van der Waals surface area contributed by atoms with Gasteiger partial charge in [0.1, 0.15) is 17.2 Å². The van der Waals surface area contributed by atoms with E-state index in [1.54, 1.807) is 18.7 Å². The number of hydrogen-bond acceptors (Lipinski definition) is 4. The molecule has 1 aromatic heterocycles. The Hall–Kier alpha value is -1.43. The summed E-state index contributed by atoms with van der Waals surface area (Å²) in [7, 11) is 1.70. The molecule has 0 aliphatic carbocycles. The Morgan fingerprint density at radius 2 is 2.20 bits per heavy atom. The maximum absolute atomic E-state index is 11.3. The maximum atomic E-state index is 11.3. The minimum absolute atomic E-state index is 0.380. The molecule has 84 valence electrons. The summed E-state index contributed by atoms with van der Waals surface area (Å²) in [5, 5.41) is 7.08. The zero-order valence-corrected chi connectivity index (χ0v) is 9.53. The first kappa shape index (κ1) is 11.6. The van der Waals surface area contributed by atoms with E-state index >= 15 is 0 Å². The van der Waals surface area contributed by atoms with Crippen LogP contribution in [0, 0.1) is 13.8 Å². The molecule has 6 heteroatoms. The van der Waals surface area contributed by atoms with Crippen molar-refractivity contribution in [2.24, 2.45) is 5.73 Å². The van der Waals surface area contributed by atoms with Crippen LogP contribution in [0.25, 0.3) is 0 Å². The maximum Gasteiger partial charge on any atom is 0.239 e. The Morgan fingerprint density at radius 1 is 1.60 bits per heavy atom. The molecule has 0 saturated heterocycles. The molecule has 0 radical (unpaired) electrons. The van der Waals surface area contributed by atoms with Crippen molar-refractivity contribution in [1.29, 1.82) is 0 Å². The van der Waals surface area contributed by atoms with Crippen LogP contribution in [0.15, 0.2) is 0 Å². The van der Waals surface area contributed by atoms with Gasteiger partial charge in [-0.2, -0.15) is 5.10 Å². The fourth-order valence-corrected chi connectivity index (χ4v) is 1.29. The van der Waals surface area contributed by atoms with Crippen molar-refractivity contribution in [1.82, 2.24) is 20.1 Å². The van der Waals surface area contributed by atoms with Crippen molar-refractivity contribution in [3.05, 3.63) is 11.6 Å². The number of nitrogens with one attached hydrogen (secondary N) is 1. The standard InChI is InChI=1S/C9H17N5O/c1-6-12-7(2)14(13-6)5-9(3,11-4)8(10)15/h11H,5H2,1-4H3,(H2,10,15). The lowest BCUT2D eigenvalue weighted by molar-refractivity contribution is -0.124. The van der Waals surface area contributed by atoms with E-state index in [0.29, 0.717) is 12.4 Å². The van der Waals surface area contributed by atoms with Crippen molar-refractivity contribution in [3.63, 3.8) is 0 Å². The molecule has 0 aliphatic rings. The first-order chi connectivity index (χ1) is 6.89. The van der Waals surface area contributed by atoms with Gasteiger partial charge in [0.15, 0.2) is 0 Å². The highest BCUT2D eigenvalue weighted by Gasteiger charge is 2.30. The number of aryl methyl sites for hydroxylation is 2. The van der Waals surface area contributed by atoms with Gasteiger partial charge in [-0.25, -0.2) is 9.67 Å². The van der Waals surface area contributed by atoms with Crippen LogP contribution in [-0.4, -0.2) is 33.3 Å². The van der Waals surface area contributed by atoms with E-state index in [1.807, 2.05) is 13.8 Å². The first-order valence-corrected chi connectivity index (χ1v) is 4.76. The summed E-state index contributed by atoms with van der Waals surface area (Å²) in [6.07, 6.45) is 0. The molecule has 1 aromatic rings. The second-order valence-electron chi connectivity index (χ2n) is 3.81. The Labute approximate surface area is 88.9 Å². The van der Waals surface area contributed by atoms with Crippen molar-refractivity contribution in [2.45, 2.75) is 32.9 Å². The zero-order valence-electron chi connectivity index (χ0n) is 9.53. The molecule has 6 nitrogen and oxygen atoms in total. The number of nitrogens with two attached hydrogens (primary N) is 1. The van der Waals surface area contributed by atoms with Gasteiger partial charge in [0, 0.05) is 0 Å². The summed E-state index contributed by atoms with van der Waals surface area (Å²) in [5.41, 5.74) is 4.52. The largest absolute Gasteiger partial charge is 0.368 e. The van der Waals surface area contributed by atoms with Crippen LogP contribution in [0.2, 0.25) is 0 Å². The van der Waals surface area contributed by atoms with E-state index in [-0.39, 0.29) is 0 Å². The summed E-state index contributed by atoms with van der Waals surface area (Å²) >= 11 is 0. The quantitative estimate of drug-likeness (QED) is 0.693. The second kappa shape index (κ2) is 3.98. The minimum Gasteiger partial charge on any atom is -0.368 e. The van der Waals surface area contributed by atoms with Gasteiger partial charge in [0.25, 0.3) is 0 Å². The van der Waals surface area contributed by atoms with Crippen LogP contribution in [-0.2, 0) is 11.3 Å². The zero-order chi connectivity index (χ0) is 11.6. The molecule has 1 heterocycles. The van der Waals surface area contributed by atoms with Gasteiger partial charge in [-0.15, -0.1) is 0 Å². The van der Waals surface area contributed by atoms with Crippen LogP contribution in [0.4, 0.5) is 0 Å². The average Bonchev–Trinajstić information content (AvgIpc) is 2.44. The topological polar surface area (TPSA) is 85.8 Å². The molecule has 0 aromatic carbocycles. The Kier molecular flexibility index (Phi) is 3.09. The van der Waals surface area contributed by atoms with Gasteiger partial charge in [-0.1, -0.05) is 0 Å². The van der Waals surface area contributed by atoms with E-state index in [2.05, 4.69) is 15.4 Å². The van der Waals surface area contributed by atoms with Crippen LogP contribution >= 0.6 is 0 Å². The summed E-state index contributed by atoms with van der Waals surface area (Å²) in [6.45, 7) is 5.78. The number of carbonyl (C=O) groups excluding carboxylic acids is 1. The molecule has 0 bridgehead atoms. The molecule has 0 aliphatic heterocycles. The number of rotatable bonds is 4. The summed E-state index contributed by atoms with van der Waals surface area (Å²) in [5.74, 6) is 1.06. The van der Waals surface area contributed by atoms with E-state index in [9.17, 15) is 4.79 Å². The number of nitrogens with zero attached hydrogens (tertiary/aromatic N) is 3. The summed E-state index contributed by atoms with van der Waals surface area (Å²) in [4.78, 5) is 15.4. The van der Waals surface area contributed by atoms with E-state index in [4.69, 9.17) is 5.73 Å². The number of hydrogen-bond donors (Lipinski definition) is 2. The number of aromatic nitrogens is 3. The molecule has 1 rings (SSSR count). The number of likely N-dealkylation sites (N-methyl/N-ethyl adjacent to an activating group) is 1.